The van der Waals surface area contributed by atoms with Crippen molar-refractivity contribution in [3.63, 3.8) is 0 Å². The first-order chi connectivity index (χ1) is 21.7. The Morgan fingerprint density at radius 1 is 1.04 bits per heavy atom. The zero-order chi connectivity index (χ0) is 31.8. The van der Waals surface area contributed by atoms with Gasteiger partial charge in [-0.3, -0.25) is 4.68 Å². The number of aliphatic hydroxyl groups excluding tert-OH is 1. The van der Waals surface area contributed by atoms with E-state index in [1.54, 1.807) is 36.4 Å². The number of benzene rings is 2. The van der Waals surface area contributed by atoms with Crippen LogP contribution in [0.1, 0.15) is 57.0 Å². The average molecular weight is 619 g/mol. The van der Waals surface area contributed by atoms with Crippen LogP contribution in [0.4, 0.5) is 16.0 Å². The maximum Gasteiger partial charge on any atom is 0.226 e. The number of aliphatic hydroxyl groups is 1. The summed E-state index contributed by atoms with van der Waals surface area (Å²) in [7, 11) is 4.65. The molecule has 6 rings (SSSR count). The first kappa shape index (κ1) is 30.4. The minimum Gasteiger partial charge on any atom is -0.497 e. The van der Waals surface area contributed by atoms with Crippen molar-refractivity contribution in [2.75, 3.05) is 38.1 Å². The lowest BCUT2D eigenvalue weighted by Gasteiger charge is -2.37. The molecule has 4 unspecified atom stereocenters. The zero-order valence-electron chi connectivity index (χ0n) is 26.4. The molecule has 1 aliphatic rings. The lowest BCUT2D eigenvalue weighted by Crippen LogP contribution is -2.41. The third-order valence-corrected chi connectivity index (χ3v) is 8.77. The van der Waals surface area contributed by atoms with E-state index in [2.05, 4.69) is 22.2 Å². The average Bonchev–Trinajstić information content (AvgIpc) is 3.72. The fourth-order valence-electron chi connectivity index (χ4n) is 5.84. The fourth-order valence-corrected chi connectivity index (χ4v) is 5.84. The number of hydrogen-bond donors (Lipinski definition) is 2. The Morgan fingerprint density at radius 2 is 1.84 bits per heavy atom. The van der Waals surface area contributed by atoms with Crippen LogP contribution in [0.3, 0.4) is 0 Å². The van der Waals surface area contributed by atoms with E-state index >= 15 is 0 Å². The molecule has 12 nitrogen and oxygen atoms in total. The molecule has 1 aliphatic heterocycles. The Balaban J connectivity index is 1.37. The van der Waals surface area contributed by atoms with E-state index in [4.69, 9.17) is 29.3 Å². The van der Waals surface area contributed by atoms with Crippen LogP contribution in [-0.2, 0) is 6.54 Å². The Kier molecular flexibility index (Phi) is 8.36. The number of aromatic nitrogens is 6. The van der Waals surface area contributed by atoms with Crippen LogP contribution < -0.4 is 24.4 Å². The highest BCUT2D eigenvalue weighted by Crippen LogP contribution is 2.35. The third-order valence-electron chi connectivity index (χ3n) is 8.77. The van der Waals surface area contributed by atoms with E-state index in [9.17, 15) is 9.50 Å². The fraction of sp³-hybridized carbons (Fsp3) is 0.438. The highest BCUT2D eigenvalue weighted by Gasteiger charge is 2.31. The second-order valence-electron chi connectivity index (χ2n) is 11.6. The lowest BCUT2D eigenvalue weighted by atomic mass is 9.92. The maximum absolute atomic E-state index is 14.9. The standard InChI is InChI=1S/C32H39FN8O4/c1-18-7-8-22(16-39(18)23-15-35-40(17-23)19(2)20(3)42)30-37-31-25-12-26(33)29(45-6)13-27(25)36-32(41(31)38-30)34-14-21-9-10-24(43-4)11-28(21)44-5/h9-13,15,17-20,22,42H,7-8,14,16H2,1-6H3,(H,34,36). The van der Waals surface area contributed by atoms with E-state index in [0.29, 0.717) is 59.0 Å². The normalized spacial score (nSPS) is 18.3. The van der Waals surface area contributed by atoms with Gasteiger partial charge in [0.15, 0.2) is 23.0 Å². The summed E-state index contributed by atoms with van der Waals surface area (Å²) in [5.41, 5.74) is 2.92. The Hall–Kier alpha value is -4.65. The first-order valence-corrected chi connectivity index (χ1v) is 15.1. The van der Waals surface area contributed by atoms with Crippen LogP contribution in [0, 0.1) is 5.82 Å². The summed E-state index contributed by atoms with van der Waals surface area (Å²) in [6.45, 7) is 6.98. The summed E-state index contributed by atoms with van der Waals surface area (Å²) in [4.78, 5) is 12.1. The van der Waals surface area contributed by atoms with Gasteiger partial charge in [0.05, 0.1) is 50.9 Å². The van der Waals surface area contributed by atoms with Crippen molar-refractivity contribution in [2.24, 2.45) is 0 Å². The van der Waals surface area contributed by atoms with Gasteiger partial charge >= 0.3 is 0 Å². The minimum atomic E-state index is -0.520. The van der Waals surface area contributed by atoms with Gasteiger partial charge in [0.2, 0.25) is 5.95 Å². The van der Waals surface area contributed by atoms with Gasteiger partial charge in [-0.1, -0.05) is 0 Å². The second kappa shape index (κ2) is 12.4. The van der Waals surface area contributed by atoms with Gasteiger partial charge in [-0.25, -0.2) is 14.4 Å². The third kappa shape index (κ3) is 5.79. The van der Waals surface area contributed by atoms with E-state index in [-0.39, 0.29) is 17.7 Å². The predicted octanol–water partition coefficient (Wildman–Crippen LogP) is 4.97. The summed E-state index contributed by atoms with van der Waals surface area (Å²) < 4.78 is 34.6. The summed E-state index contributed by atoms with van der Waals surface area (Å²) in [5, 5.41) is 23.4. The van der Waals surface area contributed by atoms with Crippen LogP contribution in [0.25, 0.3) is 16.6 Å². The van der Waals surface area contributed by atoms with Crippen molar-refractivity contribution in [2.45, 2.75) is 64.3 Å². The number of methoxy groups -OCH3 is 3. The number of anilines is 2. The molecule has 238 valence electrons. The lowest BCUT2D eigenvalue weighted by molar-refractivity contribution is 0.132. The first-order valence-electron chi connectivity index (χ1n) is 15.1. The molecule has 0 bridgehead atoms. The molecular formula is C32H39FN8O4. The molecule has 2 aromatic carbocycles. The van der Waals surface area contributed by atoms with Gasteiger partial charge in [0, 0.05) is 54.3 Å². The molecule has 0 spiro atoms. The van der Waals surface area contributed by atoms with Gasteiger partial charge < -0.3 is 29.5 Å². The maximum atomic E-state index is 14.9. The molecule has 1 fully saturated rings. The molecule has 13 heteroatoms. The number of hydrogen-bond acceptors (Lipinski definition) is 10. The molecule has 1 saturated heterocycles. The summed E-state index contributed by atoms with van der Waals surface area (Å²) in [5.74, 6) is 2.10. The van der Waals surface area contributed by atoms with Crippen LogP contribution >= 0.6 is 0 Å². The number of ether oxygens (including phenoxy) is 3. The molecule has 4 heterocycles. The largest absolute Gasteiger partial charge is 0.497 e. The number of nitrogens with one attached hydrogen (secondary N) is 1. The molecule has 0 saturated carbocycles. The molecule has 45 heavy (non-hydrogen) atoms. The number of halogens is 1. The Morgan fingerprint density at radius 3 is 2.58 bits per heavy atom. The highest BCUT2D eigenvalue weighted by atomic mass is 19.1. The number of fused-ring (bicyclic) bond motifs is 3. The molecule has 0 amide bonds. The monoisotopic (exact) mass is 618 g/mol. The molecule has 0 aliphatic carbocycles. The van der Waals surface area contributed by atoms with Crippen LogP contribution in [0.2, 0.25) is 0 Å². The van der Waals surface area contributed by atoms with Crippen LogP contribution in [0.5, 0.6) is 17.2 Å². The van der Waals surface area contributed by atoms with E-state index in [1.165, 1.54) is 13.2 Å². The molecular weight excluding hydrogens is 579 g/mol. The van der Waals surface area contributed by atoms with Crippen molar-refractivity contribution < 1.29 is 23.7 Å². The summed E-state index contributed by atoms with van der Waals surface area (Å²) >= 11 is 0. The van der Waals surface area contributed by atoms with Crippen molar-refractivity contribution in [1.82, 2.24) is 29.4 Å². The second-order valence-corrected chi connectivity index (χ2v) is 11.6. The van der Waals surface area contributed by atoms with Gasteiger partial charge in [-0.2, -0.15) is 9.61 Å². The van der Waals surface area contributed by atoms with Gasteiger partial charge in [0.25, 0.3) is 0 Å². The molecule has 0 radical (unpaired) electrons. The van der Waals surface area contributed by atoms with Crippen molar-refractivity contribution >= 4 is 28.2 Å². The predicted molar refractivity (Wildman–Crippen MR) is 169 cm³/mol. The molecule has 4 atom stereocenters. The smallest absolute Gasteiger partial charge is 0.226 e. The van der Waals surface area contributed by atoms with Crippen molar-refractivity contribution in [1.29, 1.82) is 0 Å². The molecule has 2 N–H and O–H groups in total. The van der Waals surface area contributed by atoms with Crippen LogP contribution in [-0.4, -0.2) is 74.5 Å². The van der Waals surface area contributed by atoms with Crippen LogP contribution in [0.15, 0.2) is 42.7 Å². The highest BCUT2D eigenvalue weighted by molar-refractivity contribution is 5.93. The van der Waals surface area contributed by atoms with E-state index in [1.807, 2.05) is 37.5 Å². The number of rotatable bonds is 10. The van der Waals surface area contributed by atoms with Gasteiger partial charge in [0.1, 0.15) is 11.5 Å². The topological polar surface area (TPSA) is 124 Å². The van der Waals surface area contributed by atoms with E-state index in [0.717, 1.165) is 24.1 Å². The molecule has 3 aromatic heterocycles. The van der Waals surface area contributed by atoms with Gasteiger partial charge in [-0.05, 0) is 51.8 Å². The summed E-state index contributed by atoms with van der Waals surface area (Å²) in [6.07, 6.45) is 5.14. The zero-order valence-corrected chi connectivity index (χ0v) is 26.4. The number of nitrogens with zero attached hydrogens (tertiary/aromatic N) is 7. The van der Waals surface area contributed by atoms with Crippen molar-refractivity contribution in [3.05, 3.63) is 59.9 Å². The minimum absolute atomic E-state index is 0.0197. The summed E-state index contributed by atoms with van der Waals surface area (Å²) in [6, 6.07) is 8.75. The Bertz CT molecular complexity index is 1820. The van der Waals surface area contributed by atoms with E-state index < -0.39 is 11.9 Å². The quantitative estimate of drug-likeness (QED) is 0.222. The molecule has 5 aromatic rings. The number of piperidine rings is 1. The van der Waals surface area contributed by atoms with Gasteiger partial charge in [-0.15, -0.1) is 5.10 Å². The van der Waals surface area contributed by atoms with Crippen molar-refractivity contribution in [3.8, 4) is 17.2 Å². The SMILES string of the molecule is COc1ccc(CNc2nc3cc(OC)c(F)cc3c3nc(C4CCC(C)N(c5cnn(C(C)C(C)O)c5)C4)nn23)c(OC)c1. The Labute approximate surface area is 260 Å².